The van der Waals surface area contributed by atoms with Gasteiger partial charge in [0.05, 0.1) is 0 Å². The first-order valence-corrected chi connectivity index (χ1v) is 5.74. The van der Waals surface area contributed by atoms with E-state index in [1.165, 1.54) is 0 Å². The molecule has 1 aromatic carbocycles. The molecule has 0 saturated heterocycles. The van der Waals surface area contributed by atoms with Crippen LogP contribution in [0.15, 0.2) is 28.7 Å². The van der Waals surface area contributed by atoms with Crippen LogP contribution in [0.1, 0.15) is 16.8 Å². The molecule has 0 unspecified atom stereocenters. The van der Waals surface area contributed by atoms with Gasteiger partial charge in [-0.25, -0.2) is 4.79 Å². The topological polar surface area (TPSA) is 86.6 Å². The molecule has 6 heteroatoms. The lowest BCUT2D eigenvalue weighted by Gasteiger charge is -2.13. The number of nitrogens with one attached hydrogen (secondary N) is 1. The van der Waals surface area contributed by atoms with Crippen LogP contribution in [0, 0.1) is 0 Å². The van der Waals surface area contributed by atoms with Gasteiger partial charge in [0.15, 0.2) is 0 Å². The van der Waals surface area contributed by atoms with Crippen molar-refractivity contribution >= 4 is 27.8 Å². The van der Waals surface area contributed by atoms with Crippen LogP contribution in [0.3, 0.4) is 0 Å². The zero-order valence-electron chi connectivity index (χ0n) is 8.89. The fraction of sp³-hybridized carbons (Fsp3) is 0.273. The van der Waals surface area contributed by atoms with Gasteiger partial charge in [0.2, 0.25) is 0 Å². The molecule has 1 amide bonds. The summed E-state index contributed by atoms with van der Waals surface area (Å²) < 4.78 is 0.833. The molecule has 0 bridgehead atoms. The SMILES string of the molecule is O=C(N[C@@H](CCO)C(=O)O)c1ccc(Br)cc1. The molecule has 0 saturated carbocycles. The molecule has 3 N–H and O–H groups in total. The molecule has 0 spiro atoms. The molecule has 0 fully saturated rings. The first-order valence-electron chi connectivity index (χ1n) is 4.94. The number of hydrogen-bond donors (Lipinski definition) is 3. The van der Waals surface area contributed by atoms with E-state index in [4.69, 9.17) is 10.2 Å². The minimum Gasteiger partial charge on any atom is -0.480 e. The molecule has 0 aromatic heterocycles. The smallest absolute Gasteiger partial charge is 0.326 e. The van der Waals surface area contributed by atoms with Gasteiger partial charge in [-0.2, -0.15) is 0 Å². The Bertz CT molecular complexity index is 404. The number of carbonyl (C=O) groups excluding carboxylic acids is 1. The van der Waals surface area contributed by atoms with Crippen molar-refractivity contribution in [3.8, 4) is 0 Å². The molecular formula is C11H12BrNO4. The summed E-state index contributed by atoms with van der Waals surface area (Å²) in [5.74, 6) is -1.64. The van der Waals surface area contributed by atoms with Gasteiger partial charge in [0.25, 0.3) is 5.91 Å². The van der Waals surface area contributed by atoms with Gasteiger partial charge in [0, 0.05) is 23.1 Å². The normalized spacial score (nSPS) is 11.9. The largest absolute Gasteiger partial charge is 0.480 e. The average Bonchev–Trinajstić information content (AvgIpc) is 2.29. The molecule has 0 aliphatic carbocycles. The van der Waals surface area contributed by atoms with E-state index in [2.05, 4.69) is 21.2 Å². The third kappa shape index (κ3) is 4.16. The second-order valence-electron chi connectivity index (χ2n) is 3.38. The lowest BCUT2D eigenvalue weighted by atomic mass is 10.1. The summed E-state index contributed by atoms with van der Waals surface area (Å²) in [4.78, 5) is 22.5. The van der Waals surface area contributed by atoms with E-state index in [1.54, 1.807) is 24.3 Å². The summed E-state index contributed by atoms with van der Waals surface area (Å²) in [6.07, 6.45) is -0.0163. The lowest BCUT2D eigenvalue weighted by Crippen LogP contribution is -2.41. The zero-order chi connectivity index (χ0) is 12.8. The van der Waals surface area contributed by atoms with Crippen molar-refractivity contribution in [3.63, 3.8) is 0 Å². The van der Waals surface area contributed by atoms with Gasteiger partial charge in [-0.05, 0) is 24.3 Å². The third-order valence-corrected chi connectivity index (χ3v) is 2.66. The molecule has 5 nitrogen and oxygen atoms in total. The van der Waals surface area contributed by atoms with Crippen LogP contribution in [0.4, 0.5) is 0 Å². The summed E-state index contributed by atoms with van der Waals surface area (Å²) in [7, 11) is 0. The maximum Gasteiger partial charge on any atom is 0.326 e. The number of amides is 1. The first kappa shape index (κ1) is 13.7. The van der Waals surface area contributed by atoms with Crippen molar-refractivity contribution in [1.82, 2.24) is 5.32 Å². The van der Waals surface area contributed by atoms with E-state index < -0.39 is 17.9 Å². The van der Waals surface area contributed by atoms with Crippen LogP contribution >= 0.6 is 15.9 Å². The van der Waals surface area contributed by atoms with Crippen molar-refractivity contribution in [2.75, 3.05) is 6.61 Å². The van der Waals surface area contributed by atoms with E-state index in [9.17, 15) is 9.59 Å². The highest BCUT2D eigenvalue weighted by molar-refractivity contribution is 9.10. The maximum absolute atomic E-state index is 11.7. The van der Waals surface area contributed by atoms with Gasteiger partial charge in [-0.1, -0.05) is 15.9 Å². The van der Waals surface area contributed by atoms with Crippen LogP contribution in [-0.4, -0.2) is 34.7 Å². The quantitative estimate of drug-likeness (QED) is 0.758. The lowest BCUT2D eigenvalue weighted by molar-refractivity contribution is -0.139. The highest BCUT2D eigenvalue weighted by Crippen LogP contribution is 2.10. The van der Waals surface area contributed by atoms with Gasteiger partial charge >= 0.3 is 5.97 Å². The monoisotopic (exact) mass is 301 g/mol. The molecule has 17 heavy (non-hydrogen) atoms. The Balaban J connectivity index is 2.70. The summed E-state index contributed by atoms with van der Waals surface area (Å²) in [6.45, 7) is -0.294. The van der Waals surface area contributed by atoms with E-state index in [-0.39, 0.29) is 13.0 Å². The number of halogens is 1. The summed E-state index contributed by atoms with van der Waals surface area (Å²) in [5, 5.41) is 19.8. The van der Waals surface area contributed by atoms with Crippen LogP contribution in [0.2, 0.25) is 0 Å². The molecule has 92 valence electrons. The van der Waals surface area contributed by atoms with E-state index in [0.29, 0.717) is 5.56 Å². The number of aliphatic hydroxyl groups excluding tert-OH is 1. The summed E-state index contributed by atoms with van der Waals surface area (Å²) >= 11 is 3.23. The van der Waals surface area contributed by atoms with Crippen LogP contribution in [0.5, 0.6) is 0 Å². The fourth-order valence-corrected chi connectivity index (χ4v) is 1.49. The molecule has 1 aromatic rings. The predicted molar refractivity (Wildman–Crippen MR) is 64.7 cm³/mol. The van der Waals surface area contributed by atoms with Crippen molar-refractivity contribution in [2.24, 2.45) is 0 Å². The Kier molecular flexibility index (Phi) is 5.11. The minimum atomic E-state index is -1.16. The standard InChI is InChI=1S/C11H12BrNO4/c12-8-3-1-7(2-4-8)10(15)13-9(5-6-14)11(16)17/h1-4,9,14H,5-6H2,(H,13,15)(H,16,17)/t9-/m0/s1. The van der Waals surface area contributed by atoms with Crippen molar-refractivity contribution in [1.29, 1.82) is 0 Å². The van der Waals surface area contributed by atoms with Crippen LogP contribution in [-0.2, 0) is 4.79 Å². The van der Waals surface area contributed by atoms with Gasteiger partial charge in [-0.15, -0.1) is 0 Å². The average molecular weight is 302 g/mol. The van der Waals surface area contributed by atoms with Gasteiger partial charge in [0.1, 0.15) is 6.04 Å². The molecule has 0 heterocycles. The van der Waals surface area contributed by atoms with Crippen molar-refractivity contribution < 1.29 is 19.8 Å². The molecular weight excluding hydrogens is 290 g/mol. The molecule has 0 aliphatic rings. The Labute approximate surface area is 107 Å². The number of benzene rings is 1. The van der Waals surface area contributed by atoms with E-state index >= 15 is 0 Å². The van der Waals surface area contributed by atoms with E-state index in [1.807, 2.05) is 0 Å². The maximum atomic E-state index is 11.7. The second kappa shape index (κ2) is 6.36. The Morgan fingerprint density at radius 2 is 1.88 bits per heavy atom. The molecule has 1 atom stereocenters. The first-order chi connectivity index (χ1) is 8.04. The van der Waals surface area contributed by atoms with Gasteiger partial charge < -0.3 is 15.5 Å². The number of carboxylic acids is 1. The molecule has 1 rings (SSSR count). The highest BCUT2D eigenvalue weighted by Gasteiger charge is 2.19. The minimum absolute atomic E-state index is 0.0163. The fourth-order valence-electron chi connectivity index (χ4n) is 1.23. The van der Waals surface area contributed by atoms with Crippen LogP contribution < -0.4 is 5.32 Å². The Hall–Kier alpha value is -1.40. The number of carbonyl (C=O) groups is 2. The highest BCUT2D eigenvalue weighted by atomic mass is 79.9. The number of hydrogen-bond acceptors (Lipinski definition) is 3. The predicted octanol–water partition coefficient (Wildman–Crippen LogP) is 1.01. The third-order valence-electron chi connectivity index (χ3n) is 2.13. The summed E-state index contributed by atoms with van der Waals surface area (Å²) in [6, 6.07) is 5.47. The molecule has 0 aliphatic heterocycles. The molecule has 0 radical (unpaired) electrons. The van der Waals surface area contributed by atoms with Crippen molar-refractivity contribution in [2.45, 2.75) is 12.5 Å². The number of carboxylic acid groups (broad SMARTS) is 1. The Morgan fingerprint density at radius 1 is 1.29 bits per heavy atom. The number of rotatable bonds is 5. The summed E-state index contributed by atoms with van der Waals surface area (Å²) in [5.41, 5.74) is 0.373. The Morgan fingerprint density at radius 3 is 2.35 bits per heavy atom. The van der Waals surface area contributed by atoms with Crippen molar-refractivity contribution in [3.05, 3.63) is 34.3 Å². The van der Waals surface area contributed by atoms with Gasteiger partial charge in [-0.3, -0.25) is 4.79 Å². The number of aliphatic hydroxyl groups is 1. The number of aliphatic carboxylic acids is 1. The van der Waals surface area contributed by atoms with Crippen LogP contribution in [0.25, 0.3) is 0 Å². The zero-order valence-corrected chi connectivity index (χ0v) is 10.5. The second-order valence-corrected chi connectivity index (χ2v) is 4.30. The van der Waals surface area contributed by atoms with E-state index in [0.717, 1.165) is 4.47 Å².